The molecule has 1 aromatic carbocycles. The fraction of sp³-hybridized carbons (Fsp3) is 0.200. The second-order valence-corrected chi connectivity index (χ2v) is 4.08. The molecule has 0 unspecified atom stereocenters. The molecule has 0 aliphatic carbocycles. The molecule has 1 rings (SSSR count). The van der Waals surface area contributed by atoms with E-state index in [-0.39, 0.29) is 10.0 Å². The molecule has 0 saturated carbocycles. The number of primary amides is 1. The number of amides is 2. The van der Waals surface area contributed by atoms with Crippen LogP contribution < -0.4 is 11.1 Å². The molecule has 0 radical (unpaired) electrons. The van der Waals surface area contributed by atoms with Crippen molar-refractivity contribution in [2.75, 3.05) is 0 Å². The van der Waals surface area contributed by atoms with E-state index in [0.29, 0.717) is 0 Å². The Kier molecular flexibility index (Phi) is 4.00. The third-order valence-electron chi connectivity index (χ3n) is 1.96. The normalized spacial score (nSPS) is 11.9. The van der Waals surface area contributed by atoms with Crippen LogP contribution in [0.1, 0.15) is 17.3 Å². The van der Waals surface area contributed by atoms with Gasteiger partial charge in [-0.05, 0) is 41.1 Å². The monoisotopic (exact) mass is 288 g/mol. The molecule has 3 N–H and O–H groups in total. The Labute approximate surface area is 100 Å². The molecule has 0 aliphatic heterocycles. The van der Waals surface area contributed by atoms with E-state index in [9.17, 15) is 14.0 Å². The largest absolute Gasteiger partial charge is 0.368 e. The van der Waals surface area contributed by atoms with Crippen LogP contribution in [0.2, 0.25) is 0 Å². The lowest BCUT2D eigenvalue weighted by Gasteiger charge is -2.10. The fourth-order valence-corrected chi connectivity index (χ4v) is 1.37. The molecule has 0 aromatic heterocycles. The summed E-state index contributed by atoms with van der Waals surface area (Å²) in [5.41, 5.74) is 5.24. The van der Waals surface area contributed by atoms with Crippen LogP contribution in [-0.2, 0) is 4.79 Å². The van der Waals surface area contributed by atoms with Crippen LogP contribution in [0.3, 0.4) is 0 Å². The van der Waals surface area contributed by atoms with Crippen molar-refractivity contribution < 1.29 is 14.0 Å². The van der Waals surface area contributed by atoms with Crippen molar-refractivity contribution in [2.24, 2.45) is 5.73 Å². The van der Waals surface area contributed by atoms with Gasteiger partial charge in [0.1, 0.15) is 11.9 Å². The zero-order chi connectivity index (χ0) is 12.3. The van der Waals surface area contributed by atoms with Gasteiger partial charge in [0.05, 0.1) is 4.47 Å². The van der Waals surface area contributed by atoms with Gasteiger partial charge in [0.25, 0.3) is 5.91 Å². The Bertz CT molecular complexity index is 437. The summed E-state index contributed by atoms with van der Waals surface area (Å²) in [5.74, 6) is -1.57. The molecule has 0 aliphatic rings. The zero-order valence-corrected chi connectivity index (χ0v) is 10.0. The van der Waals surface area contributed by atoms with Crippen molar-refractivity contribution >= 4 is 27.7 Å². The molecule has 4 nitrogen and oxygen atoms in total. The van der Waals surface area contributed by atoms with E-state index >= 15 is 0 Å². The first-order valence-corrected chi connectivity index (χ1v) is 5.26. The van der Waals surface area contributed by atoms with Crippen molar-refractivity contribution in [3.05, 3.63) is 34.1 Å². The van der Waals surface area contributed by atoms with Crippen LogP contribution in [-0.4, -0.2) is 17.9 Å². The van der Waals surface area contributed by atoms with Crippen molar-refractivity contribution in [3.63, 3.8) is 0 Å². The van der Waals surface area contributed by atoms with Gasteiger partial charge in [-0.1, -0.05) is 0 Å². The number of hydrogen-bond acceptors (Lipinski definition) is 2. The average Bonchev–Trinajstić information content (AvgIpc) is 2.21. The predicted octanol–water partition coefficient (Wildman–Crippen LogP) is 1.19. The lowest BCUT2D eigenvalue weighted by Crippen LogP contribution is -2.42. The third-order valence-corrected chi connectivity index (χ3v) is 2.56. The summed E-state index contributed by atoms with van der Waals surface area (Å²) >= 11 is 2.96. The molecule has 6 heteroatoms. The maximum absolute atomic E-state index is 12.9. The average molecular weight is 289 g/mol. The van der Waals surface area contributed by atoms with Gasteiger partial charge in [-0.25, -0.2) is 4.39 Å². The Hall–Kier alpha value is -1.43. The summed E-state index contributed by atoms with van der Waals surface area (Å²) in [7, 11) is 0. The number of nitrogens with two attached hydrogens (primary N) is 1. The first-order chi connectivity index (χ1) is 7.41. The molecular formula is C10H10BrFN2O2. The first-order valence-electron chi connectivity index (χ1n) is 4.47. The smallest absolute Gasteiger partial charge is 0.251 e. The Morgan fingerprint density at radius 2 is 2.12 bits per heavy atom. The van der Waals surface area contributed by atoms with Crippen molar-refractivity contribution in [1.29, 1.82) is 0 Å². The van der Waals surface area contributed by atoms with Crippen molar-refractivity contribution in [2.45, 2.75) is 13.0 Å². The summed E-state index contributed by atoms with van der Waals surface area (Å²) in [4.78, 5) is 22.3. The molecule has 0 fully saturated rings. The van der Waals surface area contributed by atoms with Gasteiger partial charge in [-0.2, -0.15) is 0 Å². The molecule has 1 aromatic rings. The van der Waals surface area contributed by atoms with Crippen LogP contribution in [0.15, 0.2) is 22.7 Å². The number of hydrogen-bond donors (Lipinski definition) is 2. The van der Waals surface area contributed by atoms with E-state index in [2.05, 4.69) is 21.2 Å². The van der Waals surface area contributed by atoms with E-state index in [0.717, 1.165) is 6.07 Å². The van der Waals surface area contributed by atoms with E-state index < -0.39 is 23.7 Å². The Balaban J connectivity index is 2.81. The van der Waals surface area contributed by atoms with E-state index in [1.54, 1.807) is 0 Å². The highest BCUT2D eigenvalue weighted by atomic mass is 79.9. The summed E-state index contributed by atoms with van der Waals surface area (Å²) in [6, 6.07) is 3.05. The minimum absolute atomic E-state index is 0.187. The first kappa shape index (κ1) is 12.6. The number of halogens is 2. The third kappa shape index (κ3) is 3.03. The minimum Gasteiger partial charge on any atom is -0.368 e. The summed E-state index contributed by atoms with van der Waals surface area (Å²) in [6.07, 6.45) is 0. The topological polar surface area (TPSA) is 72.2 Å². The minimum atomic E-state index is -0.767. The molecule has 0 heterocycles. The highest BCUT2D eigenvalue weighted by Gasteiger charge is 2.14. The highest BCUT2D eigenvalue weighted by Crippen LogP contribution is 2.16. The molecule has 1 atom stereocenters. The van der Waals surface area contributed by atoms with Crippen LogP contribution >= 0.6 is 15.9 Å². The lowest BCUT2D eigenvalue weighted by molar-refractivity contribution is -0.119. The summed E-state index contributed by atoms with van der Waals surface area (Å²) in [5, 5.41) is 2.39. The summed E-state index contributed by atoms with van der Waals surface area (Å²) < 4.78 is 13.1. The van der Waals surface area contributed by atoms with Gasteiger partial charge in [0.15, 0.2) is 0 Å². The quantitative estimate of drug-likeness (QED) is 0.877. The fourth-order valence-electron chi connectivity index (χ4n) is 0.988. The molecule has 86 valence electrons. The SMILES string of the molecule is C[C@@H](NC(=O)c1ccc(F)c(Br)c1)C(N)=O. The number of nitrogens with one attached hydrogen (secondary N) is 1. The number of carbonyl (C=O) groups is 2. The standard InChI is InChI=1S/C10H10BrFN2O2/c1-5(9(13)15)14-10(16)6-2-3-8(12)7(11)4-6/h2-5H,1H3,(H2,13,15)(H,14,16)/t5-/m1/s1. The van der Waals surface area contributed by atoms with E-state index in [4.69, 9.17) is 5.73 Å². The number of rotatable bonds is 3. The molecule has 2 amide bonds. The maximum atomic E-state index is 12.9. The lowest BCUT2D eigenvalue weighted by atomic mass is 10.2. The van der Waals surface area contributed by atoms with Crippen LogP contribution in [0.5, 0.6) is 0 Å². The van der Waals surface area contributed by atoms with Gasteiger partial charge in [-0.3, -0.25) is 9.59 Å². The van der Waals surface area contributed by atoms with Crippen molar-refractivity contribution in [1.82, 2.24) is 5.32 Å². The number of carbonyl (C=O) groups excluding carboxylic acids is 2. The molecule has 0 bridgehead atoms. The Morgan fingerprint density at radius 3 is 2.62 bits per heavy atom. The van der Waals surface area contributed by atoms with Gasteiger partial charge in [0.2, 0.25) is 5.91 Å². The maximum Gasteiger partial charge on any atom is 0.251 e. The van der Waals surface area contributed by atoms with Crippen LogP contribution in [0.25, 0.3) is 0 Å². The van der Waals surface area contributed by atoms with E-state index in [1.807, 2.05) is 0 Å². The van der Waals surface area contributed by atoms with Crippen molar-refractivity contribution in [3.8, 4) is 0 Å². The molecule has 0 saturated heterocycles. The molecule has 0 spiro atoms. The van der Waals surface area contributed by atoms with Crippen LogP contribution in [0, 0.1) is 5.82 Å². The van der Waals surface area contributed by atoms with Crippen LogP contribution in [0.4, 0.5) is 4.39 Å². The summed E-state index contributed by atoms with van der Waals surface area (Å²) in [6.45, 7) is 1.47. The zero-order valence-electron chi connectivity index (χ0n) is 8.46. The number of benzene rings is 1. The predicted molar refractivity (Wildman–Crippen MR) is 60.2 cm³/mol. The highest BCUT2D eigenvalue weighted by molar-refractivity contribution is 9.10. The van der Waals surface area contributed by atoms with Gasteiger partial charge in [-0.15, -0.1) is 0 Å². The van der Waals surface area contributed by atoms with Gasteiger partial charge >= 0.3 is 0 Å². The second-order valence-electron chi connectivity index (χ2n) is 3.23. The molecular weight excluding hydrogens is 279 g/mol. The molecule has 16 heavy (non-hydrogen) atoms. The Morgan fingerprint density at radius 1 is 1.50 bits per heavy atom. The second kappa shape index (κ2) is 5.07. The van der Waals surface area contributed by atoms with E-state index in [1.165, 1.54) is 19.1 Å². The van der Waals surface area contributed by atoms with Gasteiger partial charge < -0.3 is 11.1 Å². The van der Waals surface area contributed by atoms with Gasteiger partial charge in [0, 0.05) is 5.56 Å².